The third-order valence-electron chi connectivity index (χ3n) is 3.08. The van der Waals surface area contributed by atoms with E-state index in [0.29, 0.717) is 25.8 Å². The van der Waals surface area contributed by atoms with Crippen LogP contribution in [0.3, 0.4) is 0 Å². The molecule has 0 saturated carbocycles. The Labute approximate surface area is 124 Å². The van der Waals surface area contributed by atoms with Gasteiger partial charge in [-0.15, -0.1) is 0 Å². The molecule has 0 bridgehead atoms. The summed E-state index contributed by atoms with van der Waals surface area (Å²) in [7, 11) is -7.00. The fourth-order valence-corrected chi connectivity index (χ4v) is 3.85. The minimum Gasteiger partial charge on any atom is -0.481 e. The Morgan fingerprint density at radius 1 is 1.24 bits per heavy atom. The Morgan fingerprint density at radius 3 is 2.43 bits per heavy atom. The summed E-state index contributed by atoms with van der Waals surface area (Å²) in [5, 5.41) is 8.94. The SMILES string of the molecule is CS(=O)(=O)NCCCNS(=O)(=O)N1CCCC(C(=O)O)C1. The molecule has 1 unspecified atom stereocenters. The number of piperidine rings is 1. The van der Waals surface area contributed by atoms with Gasteiger partial charge in [-0.3, -0.25) is 4.79 Å². The molecule has 0 amide bonds. The molecule has 0 radical (unpaired) electrons. The Hall–Kier alpha value is -0.750. The van der Waals surface area contributed by atoms with Gasteiger partial charge in [0.25, 0.3) is 10.2 Å². The summed E-state index contributed by atoms with van der Waals surface area (Å²) in [4.78, 5) is 10.9. The molecule has 0 aliphatic carbocycles. The van der Waals surface area contributed by atoms with Crippen LogP contribution in [0.15, 0.2) is 0 Å². The van der Waals surface area contributed by atoms with Crippen molar-refractivity contribution in [2.45, 2.75) is 19.3 Å². The number of carboxylic acid groups (broad SMARTS) is 1. The fourth-order valence-electron chi connectivity index (χ4n) is 2.00. The lowest BCUT2D eigenvalue weighted by molar-refractivity contribution is -0.142. The number of carbonyl (C=O) groups is 1. The van der Waals surface area contributed by atoms with Crippen LogP contribution in [0.25, 0.3) is 0 Å². The second-order valence-electron chi connectivity index (χ2n) is 4.95. The van der Waals surface area contributed by atoms with Gasteiger partial charge >= 0.3 is 5.97 Å². The Morgan fingerprint density at radius 2 is 1.86 bits per heavy atom. The maximum absolute atomic E-state index is 12.0. The first-order valence-electron chi connectivity index (χ1n) is 6.54. The molecule has 1 fully saturated rings. The molecule has 124 valence electrons. The van der Waals surface area contributed by atoms with E-state index in [0.717, 1.165) is 10.6 Å². The lowest BCUT2D eigenvalue weighted by atomic mass is 10.0. The van der Waals surface area contributed by atoms with Crippen LogP contribution < -0.4 is 9.44 Å². The van der Waals surface area contributed by atoms with Crippen molar-refractivity contribution in [3.8, 4) is 0 Å². The number of rotatable bonds is 8. The third kappa shape index (κ3) is 6.70. The van der Waals surface area contributed by atoms with Crippen molar-refractivity contribution in [1.29, 1.82) is 0 Å². The van der Waals surface area contributed by atoms with Crippen LogP contribution in [0.2, 0.25) is 0 Å². The predicted octanol–water partition coefficient (Wildman–Crippen LogP) is -1.44. The zero-order valence-electron chi connectivity index (χ0n) is 11.8. The van der Waals surface area contributed by atoms with Gasteiger partial charge in [0.1, 0.15) is 0 Å². The highest BCUT2D eigenvalue weighted by atomic mass is 32.2. The molecule has 1 saturated heterocycles. The van der Waals surface area contributed by atoms with Crippen molar-refractivity contribution in [2.75, 3.05) is 32.4 Å². The molecule has 0 aromatic heterocycles. The zero-order valence-corrected chi connectivity index (χ0v) is 13.4. The van der Waals surface area contributed by atoms with E-state index in [-0.39, 0.29) is 19.6 Å². The van der Waals surface area contributed by atoms with Gasteiger partial charge < -0.3 is 5.11 Å². The highest BCUT2D eigenvalue weighted by Crippen LogP contribution is 2.18. The summed E-state index contributed by atoms with van der Waals surface area (Å²) >= 11 is 0. The minimum absolute atomic E-state index is 0.0355. The Balaban J connectivity index is 2.41. The lowest BCUT2D eigenvalue weighted by Gasteiger charge is -2.29. The standard InChI is InChI=1S/C10H21N3O6S2/c1-20(16,17)11-5-3-6-12-21(18,19)13-7-2-4-9(8-13)10(14)15/h9,11-12H,2-8H2,1H3,(H,14,15). The number of hydrogen-bond donors (Lipinski definition) is 3. The van der Waals surface area contributed by atoms with Gasteiger partial charge in [0.05, 0.1) is 12.2 Å². The average Bonchev–Trinajstić information content (AvgIpc) is 2.37. The van der Waals surface area contributed by atoms with E-state index in [4.69, 9.17) is 5.11 Å². The molecule has 21 heavy (non-hydrogen) atoms. The van der Waals surface area contributed by atoms with Crippen LogP contribution in [0.1, 0.15) is 19.3 Å². The first-order valence-corrected chi connectivity index (χ1v) is 9.87. The molecule has 1 heterocycles. The summed E-state index contributed by atoms with van der Waals surface area (Å²) in [6, 6.07) is 0. The monoisotopic (exact) mass is 343 g/mol. The van der Waals surface area contributed by atoms with Crippen LogP contribution in [0.4, 0.5) is 0 Å². The molecular weight excluding hydrogens is 322 g/mol. The molecule has 9 nitrogen and oxygen atoms in total. The molecule has 0 spiro atoms. The van der Waals surface area contributed by atoms with Crippen LogP contribution in [-0.2, 0) is 25.0 Å². The summed E-state index contributed by atoms with van der Waals surface area (Å²) in [6.45, 7) is 0.477. The average molecular weight is 343 g/mol. The molecule has 1 aliphatic heterocycles. The Kier molecular flexibility index (Phi) is 6.53. The minimum atomic E-state index is -3.72. The predicted molar refractivity (Wildman–Crippen MR) is 76.3 cm³/mol. The number of sulfonamides is 1. The van der Waals surface area contributed by atoms with Crippen molar-refractivity contribution < 1.29 is 26.7 Å². The molecule has 11 heteroatoms. The number of carboxylic acids is 1. The number of aliphatic carboxylic acids is 1. The summed E-state index contributed by atoms with van der Waals surface area (Å²) in [5.41, 5.74) is 0. The fraction of sp³-hybridized carbons (Fsp3) is 0.900. The molecule has 1 rings (SSSR count). The van der Waals surface area contributed by atoms with E-state index in [1.165, 1.54) is 0 Å². The number of hydrogen-bond acceptors (Lipinski definition) is 5. The van der Waals surface area contributed by atoms with Gasteiger partial charge in [-0.2, -0.15) is 12.7 Å². The molecule has 1 aliphatic rings. The van der Waals surface area contributed by atoms with Crippen LogP contribution in [-0.4, -0.2) is 64.7 Å². The first kappa shape index (κ1) is 18.3. The summed E-state index contributed by atoms with van der Waals surface area (Å²) in [6.07, 6.45) is 2.31. The first-order chi connectivity index (χ1) is 9.62. The molecule has 1 atom stereocenters. The molecule has 3 N–H and O–H groups in total. The maximum atomic E-state index is 12.0. The quantitative estimate of drug-likeness (QED) is 0.462. The van der Waals surface area contributed by atoms with E-state index in [1.54, 1.807) is 0 Å². The molecule has 0 aromatic carbocycles. The van der Waals surface area contributed by atoms with Crippen molar-refractivity contribution in [3.05, 3.63) is 0 Å². The molecule has 0 aromatic rings. The normalized spacial score (nSPS) is 21.3. The Bertz CT molecular complexity index is 559. The van der Waals surface area contributed by atoms with Crippen LogP contribution in [0, 0.1) is 5.92 Å². The van der Waals surface area contributed by atoms with Gasteiger partial charge in [-0.25, -0.2) is 17.9 Å². The summed E-state index contributed by atoms with van der Waals surface area (Å²) < 4.78 is 51.4. The van der Waals surface area contributed by atoms with Crippen LogP contribution in [0.5, 0.6) is 0 Å². The second kappa shape index (κ2) is 7.49. The number of nitrogens with zero attached hydrogens (tertiary/aromatic N) is 1. The van der Waals surface area contributed by atoms with Gasteiger partial charge in [-0.05, 0) is 19.3 Å². The smallest absolute Gasteiger partial charge is 0.307 e. The molecular formula is C10H21N3O6S2. The number of nitrogens with one attached hydrogen (secondary N) is 2. The van der Waals surface area contributed by atoms with E-state index in [1.807, 2.05) is 0 Å². The highest BCUT2D eigenvalue weighted by Gasteiger charge is 2.31. The zero-order chi connectivity index (χ0) is 16.1. The van der Waals surface area contributed by atoms with Gasteiger partial charge in [-0.1, -0.05) is 0 Å². The van der Waals surface area contributed by atoms with Crippen molar-refractivity contribution in [1.82, 2.24) is 13.7 Å². The van der Waals surface area contributed by atoms with Crippen molar-refractivity contribution >= 4 is 26.2 Å². The van der Waals surface area contributed by atoms with Gasteiger partial charge in [0.2, 0.25) is 10.0 Å². The van der Waals surface area contributed by atoms with Gasteiger partial charge in [0.15, 0.2) is 0 Å². The van der Waals surface area contributed by atoms with Crippen molar-refractivity contribution in [3.63, 3.8) is 0 Å². The van der Waals surface area contributed by atoms with Crippen molar-refractivity contribution in [2.24, 2.45) is 5.92 Å². The maximum Gasteiger partial charge on any atom is 0.307 e. The van der Waals surface area contributed by atoms with Gasteiger partial charge in [0, 0.05) is 26.2 Å². The topological polar surface area (TPSA) is 133 Å². The van der Waals surface area contributed by atoms with Crippen LogP contribution >= 0.6 is 0 Å². The van der Waals surface area contributed by atoms with E-state index >= 15 is 0 Å². The highest BCUT2D eigenvalue weighted by molar-refractivity contribution is 7.88. The lowest BCUT2D eigenvalue weighted by Crippen LogP contribution is -2.47. The van der Waals surface area contributed by atoms with E-state index in [2.05, 4.69) is 9.44 Å². The summed E-state index contributed by atoms with van der Waals surface area (Å²) in [5.74, 6) is -1.67. The largest absolute Gasteiger partial charge is 0.481 e. The second-order valence-corrected chi connectivity index (χ2v) is 8.54. The van der Waals surface area contributed by atoms with E-state index in [9.17, 15) is 21.6 Å². The third-order valence-corrected chi connectivity index (χ3v) is 5.38. The van der Waals surface area contributed by atoms with E-state index < -0.39 is 32.1 Å².